The van der Waals surface area contributed by atoms with E-state index in [1.165, 1.54) is 18.4 Å². The van der Waals surface area contributed by atoms with Gasteiger partial charge in [-0.25, -0.2) is 0 Å². The largest absolute Gasteiger partial charge is 0.324 e. The van der Waals surface area contributed by atoms with Crippen LogP contribution in [0.4, 0.5) is 0 Å². The lowest BCUT2D eigenvalue weighted by molar-refractivity contribution is 0.626. The highest BCUT2D eigenvalue weighted by molar-refractivity contribution is 7.98. The Labute approximate surface area is 110 Å². The van der Waals surface area contributed by atoms with E-state index in [-0.39, 0.29) is 0 Å². The number of hydrogen-bond donors (Lipinski definition) is 1. The molecule has 0 aromatic carbocycles. The van der Waals surface area contributed by atoms with Crippen LogP contribution in [0.25, 0.3) is 0 Å². The number of rotatable bonds is 5. The van der Waals surface area contributed by atoms with Gasteiger partial charge in [0.1, 0.15) is 5.82 Å². The summed E-state index contributed by atoms with van der Waals surface area (Å²) in [6, 6.07) is 4.61. The zero-order valence-corrected chi connectivity index (χ0v) is 10.8. The third-order valence-electron chi connectivity index (χ3n) is 2.95. The summed E-state index contributed by atoms with van der Waals surface area (Å²) in [7, 11) is 0. The van der Waals surface area contributed by atoms with Crippen LogP contribution in [0.1, 0.15) is 30.3 Å². The molecule has 0 saturated heterocycles. The van der Waals surface area contributed by atoms with Crippen LogP contribution in [0.3, 0.4) is 0 Å². The number of nitrogens with zero attached hydrogens (tertiary/aromatic N) is 4. The molecule has 0 amide bonds. The molecule has 2 aromatic rings. The molecule has 94 valence electrons. The molecule has 1 fully saturated rings. The first-order valence-corrected chi connectivity index (χ1v) is 7.02. The van der Waals surface area contributed by atoms with Gasteiger partial charge in [-0.05, 0) is 30.5 Å². The van der Waals surface area contributed by atoms with Crippen LogP contribution in [-0.4, -0.2) is 19.7 Å². The van der Waals surface area contributed by atoms with Gasteiger partial charge in [0.05, 0.1) is 6.54 Å². The maximum atomic E-state index is 5.70. The van der Waals surface area contributed by atoms with Crippen molar-refractivity contribution in [3.05, 3.63) is 35.9 Å². The molecule has 2 heterocycles. The molecule has 0 radical (unpaired) electrons. The Kier molecular flexibility index (Phi) is 3.29. The van der Waals surface area contributed by atoms with Crippen molar-refractivity contribution in [3.63, 3.8) is 0 Å². The van der Waals surface area contributed by atoms with E-state index in [1.807, 2.05) is 24.5 Å². The fraction of sp³-hybridized carbons (Fsp3) is 0.417. The Hall–Kier alpha value is -1.40. The summed E-state index contributed by atoms with van der Waals surface area (Å²) in [5.74, 6) is 1.78. The third kappa shape index (κ3) is 2.39. The molecule has 0 unspecified atom stereocenters. The minimum atomic E-state index is 0.458. The van der Waals surface area contributed by atoms with Crippen molar-refractivity contribution < 1.29 is 0 Å². The van der Waals surface area contributed by atoms with Crippen LogP contribution in [0.2, 0.25) is 0 Å². The Morgan fingerprint density at radius 3 is 2.72 bits per heavy atom. The average Bonchev–Trinajstić information content (AvgIpc) is 3.18. The van der Waals surface area contributed by atoms with E-state index in [4.69, 9.17) is 5.73 Å². The lowest BCUT2D eigenvalue weighted by atomic mass is 10.3. The molecule has 0 spiro atoms. The van der Waals surface area contributed by atoms with Gasteiger partial charge in [0.15, 0.2) is 5.16 Å². The standard InChI is InChI=1S/C12H15N5S/c13-7-11-15-16-12(17(11)10-1-2-10)18-8-9-3-5-14-6-4-9/h3-6,10H,1-2,7-8,13H2. The van der Waals surface area contributed by atoms with Crippen LogP contribution in [-0.2, 0) is 12.3 Å². The predicted octanol–water partition coefficient (Wildman–Crippen LogP) is 1.76. The van der Waals surface area contributed by atoms with E-state index in [0.29, 0.717) is 12.6 Å². The van der Waals surface area contributed by atoms with E-state index >= 15 is 0 Å². The van der Waals surface area contributed by atoms with Gasteiger partial charge in [-0.15, -0.1) is 10.2 Å². The minimum Gasteiger partial charge on any atom is -0.324 e. The van der Waals surface area contributed by atoms with E-state index in [1.54, 1.807) is 11.8 Å². The van der Waals surface area contributed by atoms with Crippen molar-refractivity contribution in [2.75, 3.05) is 0 Å². The Balaban J connectivity index is 1.74. The smallest absolute Gasteiger partial charge is 0.191 e. The van der Waals surface area contributed by atoms with E-state index < -0.39 is 0 Å². The van der Waals surface area contributed by atoms with Gasteiger partial charge >= 0.3 is 0 Å². The molecule has 0 aliphatic heterocycles. The number of aromatic nitrogens is 4. The highest BCUT2D eigenvalue weighted by atomic mass is 32.2. The second-order valence-electron chi connectivity index (χ2n) is 4.35. The van der Waals surface area contributed by atoms with Crippen LogP contribution >= 0.6 is 11.8 Å². The molecule has 0 bridgehead atoms. The van der Waals surface area contributed by atoms with Gasteiger partial charge in [-0.3, -0.25) is 4.98 Å². The average molecular weight is 261 g/mol. The summed E-state index contributed by atoms with van der Waals surface area (Å²) in [4.78, 5) is 4.01. The molecule has 6 heteroatoms. The lowest BCUT2D eigenvalue weighted by Gasteiger charge is -2.07. The molecule has 1 aliphatic rings. The van der Waals surface area contributed by atoms with E-state index in [2.05, 4.69) is 19.7 Å². The lowest BCUT2D eigenvalue weighted by Crippen LogP contribution is -2.08. The first-order chi connectivity index (χ1) is 8.88. The molecule has 2 aromatic heterocycles. The predicted molar refractivity (Wildman–Crippen MR) is 70.0 cm³/mol. The third-order valence-corrected chi connectivity index (χ3v) is 3.96. The molecule has 2 N–H and O–H groups in total. The van der Waals surface area contributed by atoms with Crippen molar-refractivity contribution in [2.24, 2.45) is 5.73 Å². The quantitative estimate of drug-likeness (QED) is 0.830. The van der Waals surface area contributed by atoms with Gasteiger partial charge in [0, 0.05) is 24.2 Å². The summed E-state index contributed by atoms with van der Waals surface area (Å²) in [6.07, 6.45) is 6.06. The number of nitrogens with two attached hydrogens (primary N) is 1. The molecule has 18 heavy (non-hydrogen) atoms. The zero-order chi connectivity index (χ0) is 12.4. The normalized spacial score (nSPS) is 14.9. The second kappa shape index (κ2) is 5.07. The minimum absolute atomic E-state index is 0.458. The van der Waals surface area contributed by atoms with Crippen molar-refractivity contribution >= 4 is 11.8 Å². The van der Waals surface area contributed by atoms with Gasteiger partial charge in [0.25, 0.3) is 0 Å². The topological polar surface area (TPSA) is 69.6 Å². The van der Waals surface area contributed by atoms with Gasteiger partial charge in [-0.2, -0.15) is 0 Å². The maximum Gasteiger partial charge on any atom is 0.191 e. The van der Waals surface area contributed by atoms with Crippen molar-refractivity contribution in [1.82, 2.24) is 19.7 Å². The van der Waals surface area contributed by atoms with Crippen LogP contribution in [0.5, 0.6) is 0 Å². The number of thioether (sulfide) groups is 1. The van der Waals surface area contributed by atoms with Gasteiger partial charge in [0.2, 0.25) is 0 Å². The molecule has 1 aliphatic carbocycles. The molecular formula is C12H15N5S. The molecule has 0 atom stereocenters. The highest BCUT2D eigenvalue weighted by Crippen LogP contribution is 2.39. The fourth-order valence-electron chi connectivity index (χ4n) is 1.87. The molecular weight excluding hydrogens is 246 g/mol. The fourth-order valence-corrected chi connectivity index (χ4v) is 2.85. The summed E-state index contributed by atoms with van der Waals surface area (Å²) < 4.78 is 2.20. The monoisotopic (exact) mass is 261 g/mol. The first kappa shape index (κ1) is 11.7. The summed E-state index contributed by atoms with van der Waals surface area (Å²) in [5, 5.41) is 9.39. The number of hydrogen-bond acceptors (Lipinski definition) is 5. The number of pyridine rings is 1. The molecule has 1 saturated carbocycles. The second-order valence-corrected chi connectivity index (χ2v) is 5.29. The Morgan fingerprint density at radius 1 is 1.28 bits per heavy atom. The van der Waals surface area contributed by atoms with Crippen molar-refractivity contribution in [2.45, 2.75) is 36.3 Å². The van der Waals surface area contributed by atoms with Crippen LogP contribution < -0.4 is 5.73 Å². The SMILES string of the molecule is NCc1nnc(SCc2ccncc2)n1C1CC1. The van der Waals surface area contributed by atoms with Crippen molar-refractivity contribution in [1.29, 1.82) is 0 Å². The molecule has 5 nitrogen and oxygen atoms in total. The molecule has 3 rings (SSSR count). The van der Waals surface area contributed by atoms with Gasteiger partial charge < -0.3 is 10.3 Å². The van der Waals surface area contributed by atoms with Crippen LogP contribution in [0.15, 0.2) is 29.7 Å². The summed E-state index contributed by atoms with van der Waals surface area (Å²) in [5.41, 5.74) is 6.94. The Bertz CT molecular complexity index is 521. The maximum absolute atomic E-state index is 5.70. The van der Waals surface area contributed by atoms with Crippen LogP contribution in [0, 0.1) is 0 Å². The van der Waals surface area contributed by atoms with Crippen molar-refractivity contribution in [3.8, 4) is 0 Å². The van der Waals surface area contributed by atoms with E-state index in [9.17, 15) is 0 Å². The zero-order valence-electron chi connectivity index (χ0n) is 9.99. The first-order valence-electron chi connectivity index (χ1n) is 6.04. The summed E-state index contributed by atoms with van der Waals surface area (Å²) >= 11 is 1.71. The Morgan fingerprint density at radius 2 is 2.06 bits per heavy atom. The van der Waals surface area contributed by atoms with Gasteiger partial charge in [-0.1, -0.05) is 11.8 Å². The highest BCUT2D eigenvalue weighted by Gasteiger charge is 2.29. The summed E-state index contributed by atoms with van der Waals surface area (Å²) in [6.45, 7) is 0.458. The van der Waals surface area contributed by atoms with E-state index in [0.717, 1.165) is 16.7 Å².